The molecule has 2 aromatic rings. The Morgan fingerprint density at radius 1 is 1.28 bits per heavy atom. The summed E-state index contributed by atoms with van der Waals surface area (Å²) in [6.45, 7) is 11.9. The molecule has 0 atom stereocenters. The summed E-state index contributed by atoms with van der Waals surface area (Å²) < 4.78 is 1.29. The van der Waals surface area contributed by atoms with Crippen LogP contribution in [0.25, 0.3) is 10.2 Å². The first-order valence-corrected chi connectivity index (χ1v) is 7.32. The first-order valence-electron chi connectivity index (χ1n) is 6.50. The van der Waals surface area contributed by atoms with Crippen molar-refractivity contribution in [3.63, 3.8) is 0 Å². The van der Waals surface area contributed by atoms with E-state index < -0.39 is 0 Å². The molecule has 0 aliphatic carbocycles. The molecule has 0 radical (unpaired) electrons. The minimum atomic E-state index is 0.149. The predicted molar refractivity (Wildman–Crippen MR) is 80.3 cm³/mol. The van der Waals surface area contributed by atoms with Crippen LogP contribution in [-0.2, 0) is 12.0 Å². The van der Waals surface area contributed by atoms with E-state index in [1.807, 2.05) is 0 Å². The molecule has 0 amide bonds. The molecule has 0 saturated heterocycles. The molecule has 98 valence electrons. The topological polar surface area (TPSA) is 24.9 Å². The molecular weight excluding hydrogens is 240 g/mol. The zero-order valence-corrected chi connectivity index (χ0v) is 12.7. The molecule has 0 unspecified atom stereocenters. The lowest BCUT2D eigenvalue weighted by Gasteiger charge is -2.19. The van der Waals surface area contributed by atoms with Crippen molar-refractivity contribution in [3.8, 4) is 0 Å². The van der Waals surface area contributed by atoms with Gasteiger partial charge in [0.15, 0.2) is 0 Å². The van der Waals surface area contributed by atoms with Gasteiger partial charge in [-0.05, 0) is 17.0 Å². The molecule has 2 nitrogen and oxygen atoms in total. The van der Waals surface area contributed by atoms with E-state index in [1.165, 1.54) is 20.8 Å². The summed E-state index contributed by atoms with van der Waals surface area (Å²) in [5, 5.41) is 4.61. The van der Waals surface area contributed by atoms with E-state index in [1.54, 1.807) is 11.3 Å². The maximum Gasteiger partial charge on any atom is 0.108 e. The summed E-state index contributed by atoms with van der Waals surface area (Å²) in [6, 6.07) is 7.00. The fraction of sp³-hybridized carbons (Fsp3) is 0.533. The van der Waals surface area contributed by atoms with Gasteiger partial charge < -0.3 is 5.32 Å². The van der Waals surface area contributed by atoms with E-state index in [-0.39, 0.29) is 5.41 Å². The van der Waals surface area contributed by atoms with Crippen molar-refractivity contribution in [2.24, 2.45) is 0 Å². The average Bonchev–Trinajstić information content (AvgIpc) is 2.66. The number of fused-ring (bicyclic) bond motifs is 1. The second kappa shape index (κ2) is 4.98. The molecule has 1 aromatic heterocycles. The SMILES string of the molecule is CC(C)NCc1nc2c(C(C)(C)C)cccc2s1. The summed E-state index contributed by atoms with van der Waals surface area (Å²) in [5.74, 6) is 0. The van der Waals surface area contributed by atoms with Gasteiger partial charge in [0.1, 0.15) is 5.01 Å². The van der Waals surface area contributed by atoms with Crippen LogP contribution < -0.4 is 5.32 Å². The molecular formula is C15H22N2S. The Balaban J connectivity index is 2.39. The zero-order valence-electron chi connectivity index (χ0n) is 11.9. The third-order valence-electron chi connectivity index (χ3n) is 2.93. The van der Waals surface area contributed by atoms with E-state index in [4.69, 9.17) is 4.98 Å². The van der Waals surface area contributed by atoms with Crippen LogP contribution in [-0.4, -0.2) is 11.0 Å². The first kappa shape index (κ1) is 13.5. The molecule has 0 aliphatic heterocycles. The van der Waals surface area contributed by atoms with Gasteiger partial charge in [-0.25, -0.2) is 4.98 Å². The molecule has 1 aromatic carbocycles. The van der Waals surface area contributed by atoms with Crippen LogP contribution in [0.2, 0.25) is 0 Å². The van der Waals surface area contributed by atoms with Gasteiger partial charge in [0.2, 0.25) is 0 Å². The minimum absolute atomic E-state index is 0.149. The molecule has 0 spiro atoms. The van der Waals surface area contributed by atoms with Gasteiger partial charge in [-0.3, -0.25) is 0 Å². The van der Waals surface area contributed by atoms with E-state index >= 15 is 0 Å². The molecule has 1 N–H and O–H groups in total. The Bertz CT molecular complexity index is 535. The van der Waals surface area contributed by atoms with Crippen LogP contribution in [0, 0.1) is 0 Å². The number of thiazole rings is 1. The van der Waals surface area contributed by atoms with Gasteiger partial charge in [0.25, 0.3) is 0 Å². The Morgan fingerprint density at radius 3 is 2.61 bits per heavy atom. The van der Waals surface area contributed by atoms with Gasteiger partial charge in [-0.15, -0.1) is 11.3 Å². The number of nitrogens with one attached hydrogen (secondary N) is 1. The number of hydrogen-bond donors (Lipinski definition) is 1. The van der Waals surface area contributed by atoms with Gasteiger partial charge in [-0.1, -0.05) is 46.8 Å². The van der Waals surface area contributed by atoms with Crippen LogP contribution in [0.15, 0.2) is 18.2 Å². The van der Waals surface area contributed by atoms with Crippen LogP contribution in [0.5, 0.6) is 0 Å². The van der Waals surface area contributed by atoms with Crippen molar-refractivity contribution in [3.05, 3.63) is 28.8 Å². The van der Waals surface area contributed by atoms with Crippen molar-refractivity contribution >= 4 is 21.6 Å². The number of hydrogen-bond acceptors (Lipinski definition) is 3. The fourth-order valence-corrected chi connectivity index (χ4v) is 2.91. The molecule has 0 saturated carbocycles. The van der Waals surface area contributed by atoms with E-state index in [0.29, 0.717) is 6.04 Å². The highest BCUT2D eigenvalue weighted by Crippen LogP contribution is 2.32. The van der Waals surface area contributed by atoms with Gasteiger partial charge in [0, 0.05) is 12.6 Å². The Hall–Kier alpha value is -0.930. The fourth-order valence-electron chi connectivity index (χ4n) is 1.97. The van der Waals surface area contributed by atoms with Gasteiger partial charge in [0.05, 0.1) is 10.2 Å². The Labute approximate surface area is 113 Å². The normalized spacial score (nSPS) is 12.6. The number of benzene rings is 1. The van der Waals surface area contributed by atoms with Gasteiger partial charge >= 0.3 is 0 Å². The predicted octanol–water partition coefficient (Wildman–Crippen LogP) is 4.09. The Morgan fingerprint density at radius 2 is 2.00 bits per heavy atom. The smallest absolute Gasteiger partial charge is 0.108 e. The van der Waals surface area contributed by atoms with E-state index in [9.17, 15) is 0 Å². The molecule has 0 aliphatic rings. The third kappa shape index (κ3) is 2.90. The monoisotopic (exact) mass is 262 g/mol. The van der Waals surface area contributed by atoms with Crippen molar-refractivity contribution in [2.75, 3.05) is 0 Å². The minimum Gasteiger partial charge on any atom is -0.308 e. The van der Waals surface area contributed by atoms with Crippen molar-refractivity contribution in [1.29, 1.82) is 0 Å². The van der Waals surface area contributed by atoms with Crippen molar-refractivity contribution in [1.82, 2.24) is 10.3 Å². The molecule has 0 fully saturated rings. The summed E-state index contributed by atoms with van der Waals surface area (Å²) in [4.78, 5) is 4.81. The maximum atomic E-state index is 4.81. The van der Waals surface area contributed by atoms with Gasteiger partial charge in [-0.2, -0.15) is 0 Å². The second-order valence-electron chi connectivity index (χ2n) is 6.05. The maximum absolute atomic E-state index is 4.81. The van der Waals surface area contributed by atoms with Crippen LogP contribution in [0.3, 0.4) is 0 Å². The lowest BCUT2D eigenvalue weighted by molar-refractivity contribution is 0.585. The highest BCUT2D eigenvalue weighted by atomic mass is 32.1. The summed E-state index contributed by atoms with van der Waals surface area (Å²) in [5.41, 5.74) is 2.67. The van der Waals surface area contributed by atoms with Crippen LogP contribution in [0.1, 0.15) is 45.2 Å². The molecule has 1 heterocycles. The molecule has 0 bridgehead atoms. The average molecular weight is 262 g/mol. The zero-order chi connectivity index (χ0) is 13.3. The standard InChI is InChI=1S/C15H22N2S/c1-10(2)16-9-13-17-14-11(15(3,4)5)7-6-8-12(14)18-13/h6-8,10,16H,9H2,1-5H3. The van der Waals surface area contributed by atoms with Crippen LogP contribution in [0.4, 0.5) is 0 Å². The number of para-hydroxylation sites is 1. The number of rotatable bonds is 3. The van der Waals surface area contributed by atoms with Crippen molar-refractivity contribution in [2.45, 2.75) is 52.6 Å². The Kier molecular flexibility index (Phi) is 3.74. The number of nitrogens with zero attached hydrogens (tertiary/aromatic N) is 1. The highest BCUT2D eigenvalue weighted by Gasteiger charge is 2.18. The molecule has 2 rings (SSSR count). The lowest BCUT2D eigenvalue weighted by atomic mass is 9.86. The molecule has 3 heteroatoms. The van der Waals surface area contributed by atoms with E-state index in [0.717, 1.165) is 6.54 Å². The largest absolute Gasteiger partial charge is 0.308 e. The number of aromatic nitrogens is 1. The summed E-state index contributed by atoms with van der Waals surface area (Å²) >= 11 is 1.80. The lowest BCUT2D eigenvalue weighted by Crippen LogP contribution is -2.21. The second-order valence-corrected chi connectivity index (χ2v) is 7.16. The molecule has 18 heavy (non-hydrogen) atoms. The van der Waals surface area contributed by atoms with Crippen LogP contribution >= 0.6 is 11.3 Å². The van der Waals surface area contributed by atoms with E-state index in [2.05, 4.69) is 58.1 Å². The summed E-state index contributed by atoms with van der Waals surface area (Å²) in [7, 11) is 0. The highest BCUT2D eigenvalue weighted by molar-refractivity contribution is 7.18. The van der Waals surface area contributed by atoms with Crippen molar-refractivity contribution < 1.29 is 0 Å². The quantitative estimate of drug-likeness (QED) is 0.901. The summed E-state index contributed by atoms with van der Waals surface area (Å²) in [6.07, 6.45) is 0. The third-order valence-corrected chi connectivity index (χ3v) is 3.95. The first-order chi connectivity index (χ1) is 8.38.